The lowest BCUT2D eigenvalue weighted by Crippen LogP contribution is -2.37. The molecule has 3 rings (SSSR count). The molecule has 1 aliphatic heterocycles. The lowest BCUT2D eigenvalue weighted by atomic mass is 9.98. The average Bonchev–Trinajstić information content (AvgIpc) is 2.46. The van der Waals surface area contributed by atoms with Gasteiger partial charge >= 0.3 is 0 Å². The molecule has 0 spiro atoms. The molecule has 0 aliphatic carbocycles. The van der Waals surface area contributed by atoms with E-state index in [1.807, 2.05) is 11.0 Å². The van der Waals surface area contributed by atoms with Crippen LogP contribution in [0.5, 0.6) is 0 Å². The molecule has 108 valence electrons. The molecule has 3 heteroatoms. The van der Waals surface area contributed by atoms with Crippen molar-refractivity contribution in [3.8, 4) is 0 Å². The Bertz CT molecular complexity index is 708. The topological polar surface area (TPSA) is 20.3 Å². The molecule has 0 unspecified atom stereocenters. The number of benzene rings is 2. The predicted octanol–water partition coefficient (Wildman–Crippen LogP) is 4.11. The zero-order valence-corrected chi connectivity index (χ0v) is 14.5. The second-order valence-corrected chi connectivity index (χ2v) is 6.95. The van der Waals surface area contributed by atoms with Gasteiger partial charge < -0.3 is 4.90 Å². The Morgan fingerprint density at radius 3 is 2.76 bits per heavy atom. The van der Waals surface area contributed by atoms with Crippen molar-refractivity contribution in [3.63, 3.8) is 0 Å². The van der Waals surface area contributed by atoms with Crippen molar-refractivity contribution in [2.45, 2.75) is 26.8 Å². The molecular formula is C18H18INO. The number of carbonyl (C=O) groups is 1. The lowest BCUT2D eigenvalue weighted by molar-refractivity contribution is 0.0726. The minimum Gasteiger partial charge on any atom is -0.334 e. The van der Waals surface area contributed by atoms with Gasteiger partial charge in [-0.1, -0.05) is 29.8 Å². The Labute approximate surface area is 139 Å². The van der Waals surface area contributed by atoms with Crippen molar-refractivity contribution >= 4 is 28.5 Å². The van der Waals surface area contributed by atoms with Gasteiger partial charge in [0.2, 0.25) is 0 Å². The smallest absolute Gasteiger partial charge is 0.254 e. The van der Waals surface area contributed by atoms with E-state index in [0.717, 1.165) is 22.1 Å². The van der Waals surface area contributed by atoms with Crippen LogP contribution in [0.1, 0.15) is 32.6 Å². The first kappa shape index (κ1) is 14.6. The minimum atomic E-state index is 0.163. The normalized spacial score (nSPS) is 14.2. The first-order valence-electron chi connectivity index (χ1n) is 7.18. The van der Waals surface area contributed by atoms with E-state index in [2.05, 4.69) is 66.8 Å². The van der Waals surface area contributed by atoms with Crippen LogP contribution in [-0.4, -0.2) is 17.4 Å². The van der Waals surface area contributed by atoms with E-state index in [4.69, 9.17) is 0 Å². The van der Waals surface area contributed by atoms with Crippen molar-refractivity contribution < 1.29 is 4.79 Å². The Morgan fingerprint density at radius 1 is 1.14 bits per heavy atom. The SMILES string of the molecule is Cc1ccc(C)c(CN2CCc3ccc(I)cc3C2=O)c1. The maximum Gasteiger partial charge on any atom is 0.254 e. The van der Waals surface area contributed by atoms with Crippen LogP contribution >= 0.6 is 22.6 Å². The summed E-state index contributed by atoms with van der Waals surface area (Å²) in [6, 6.07) is 12.6. The van der Waals surface area contributed by atoms with Crippen LogP contribution in [0.4, 0.5) is 0 Å². The summed E-state index contributed by atoms with van der Waals surface area (Å²) in [5.74, 6) is 0.163. The quantitative estimate of drug-likeness (QED) is 0.706. The summed E-state index contributed by atoms with van der Waals surface area (Å²) >= 11 is 2.27. The van der Waals surface area contributed by atoms with E-state index in [1.165, 1.54) is 22.3 Å². The van der Waals surface area contributed by atoms with Gasteiger partial charge in [0.25, 0.3) is 5.91 Å². The molecule has 0 fully saturated rings. The second kappa shape index (κ2) is 5.79. The highest BCUT2D eigenvalue weighted by Crippen LogP contribution is 2.23. The summed E-state index contributed by atoms with van der Waals surface area (Å²) in [7, 11) is 0. The Morgan fingerprint density at radius 2 is 1.95 bits per heavy atom. The van der Waals surface area contributed by atoms with Gasteiger partial charge in [0.05, 0.1) is 0 Å². The van der Waals surface area contributed by atoms with Crippen molar-refractivity contribution in [1.82, 2.24) is 4.90 Å². The Balaban J connectivity index is 1.88. The number of hydrogen-bond acceptors (Lipinski definition) is 1. The summed E-state index contributed by atoms with van der Waals surface area (Å²) in [6.07, 6.45) is 0.947. The number of carbonyl (C=O) groups excluding carboxylic acids is 1. The van der Waals surface area contributed by atoms with E-state index in [9.17, 15) is 4.79 Å². The zero-order chi connectivity index (χ0) is 15.0. The molecule has 1 amide bonds. The molecule has 0 aromatic heterocycles. The van der Waals surface area contributed by atoms with Gasteiger partial charge in [-0.2, -0.15) is 0 Å². The largest absolute Gasteiger partial charge is 0.334 e. The van der Waals surface area contributed by atoms with Crippen LogP contribution in [0, 0.1) is 17.4 Å². The number of rotatable bonds is 2. The third kappa shape index (κ3) is 2.98. The van der Waals surface area contributed by atoms with E-state index >= 15 is 0 Å². The summed E-state index contributed by atoms with van der Waals surface area (Å²) in [6.45, 7) is 5.72. The first-order chi connectivity index (χ1) is 10.0. The highest BCUT2D eigenvalue weighted by Gasteiger charge is 2.24. The third-order valence-electron chi connectivity index (χ3n) is 4.11. The summed E-state index contributed by atoms with van der Waals surface area (Å²) in [5.41, 5.74) is 5.80. The highest BCUT2D eigenvalue weighted by atomic mass is 127. The minimum absolute atomic E-state index is 0.163. The third-order valence-corrected chi connectivity index (χ3v) is 4.78. The van der Waals surface area contributed by atoms with Crippen LogP contribution < -0.4 is 0 Å². The molecule has 2 nitrogen and oxygen atoms in total. The molecule has 2 aromatic carbocycles. The number of hydrogen-bond donors (Lipinski definition) is 0. The van der Waals surface area contributed by atoms with E-state index in [0.29, 0.717) is 6.54 Å². The predicted molar refractivity (Wildman–Crippen MR) is 93.5 cm³/mol. The van der Waals surface area contributed by atoms with Gasteiger partial charge in [-0.25, -0.2) is 0 Å². The van der Waals surface area contributed by atoms with Crippen LogP contribution in [0.15, 0.2) is 36.4 Å². The highest BCUT2D eigenvalue weighted by molar-refractivity contribution is 14.1. The lowest BCUT2D eigenvalue weighted by Gasteiger charge is -2.29. The number of halogens is 1. The summed E-state index contributed by atoms with van der Waals surface area (Å²) < 4.78 is 1.12. The van der Waals surface area contributed by atoms with Crippen molar-refractivity contribution in [3.05, 3.63) is 67.8 Å². The van der Waals surface area contributed by atoms with Gasteiger partial charge in [0, 0.05) is 22.2 Å². The van der Waals surface area contributed by atoms with E-state index in [-0.39, 0.29) is 5.91 Å². The van der Waals surface area contributed by atoms with Crippen LogP contribution in [0.25, 0.3) is 0 Å². The van der Waals surface area contributed by atoms with Crippen molar-refractivity contribution in [2.24, 2.45) is 0 Å². The number of amides is 1. The van der Waals surface area contributed by atoms with E-state index < -0.39 is 0 Å². The summed E-state index contributed by atoms with van der Waals surface area (Å²) in [5, 5.41) is 0. The fourth-order valence-corrected chi connectivity index (χ4v) is 3.31. The van der Waals surface area contributed by atoms with Crippen molar-refractivity contribution in [1.29, 1.82) is 0 Å². The standard InChI is InChI=1S/C18H18INO/c1-12-3-4-13(2)15(9-12)11-20-8-7-14-5-6-16(19)10-17(14)18(20)21/h3-6,9-10H,7-8,11H2,1-2H3. The van der Waals surface area contributed by atoms with E-state index in [1.54, 1.807) is 0 Å². The first-order valence-corrected chi connectivity index (χ1v) is 8.26. The van der Waals surface area contributed by atoms with Gasteiger partial charge in [-0.05, 0) is 71.7 Å². The maximum atomic E-state index is 12.7. The average molecular weight is 391 g/mol. The van der Waals surface area contributed by atoms with Crippen molar-refractivity contribution in [2.75, 3.05) is 6.54 Å². The van der Waals surface area contributed by atoms with Gasteiger partial charge in [0.15, 0.2) is 0 Å². The van der Waals surface area contributed by atoms with Gasteiger partial charge in [-0.15, -0.1) is 0 Å². The van der Waals surface area contributed by atoms with Crippen LogP contribution in [0.2, 0.25) is 0 Å². The monoisotopic (exact) mass is 391 g/mol. The summed E-state index contributed by atoms with van der Waals surface area (Å²) in [4.78, 5) is 14.7. The number of aryl methyl sites for hydroxylation is 2. The Kier molecular flexibility index (Phi) is 4.02. The maximum absolute atomic E-state index is 12.7. The molecule has 0 bridgehead atoms. The molecule has 1 aliphatic rings. The fraction of sp³-hybridized carbons (Fsp3) is 0.278. The molecule has 21 heavy (non-hydrogen) atoms. The number of nitrogens with zero attached hydrogens (tertiary/aromatic N) is 1. The zero-order valence-electron chi connectivity index (χ0n) is 12.3. The Hall–Kier alpha value is -1.36. The van der Waals surface area contributed by atoms with Gasteiger partial charge in [0.1, 0.15) is 0 Å². The molecule has 1 heterocycles. The molecular weight excluding hydrogens is 373 g/mol. The molecule has 2 aromatic rings. The molecule has 0 N–H and O–H groups in total. The van der Waals surface area contributed by atoms with Gasteiger partial charge in [-0.3, -0.25) is 4.79 Å². The number of fused-ring (bicyclic) bond motifs is 1. The molecule has 0 atom stereocenters. The second-order valence-electron chi connectivity index (χ2n) is 5.71. The molecule has 0 radical (unpaired) electrons. The van der Waals surface area contributed by atoms with Crippen LogP contribution in [-0.2, 0) is 13.0 Å². The molecule has 0 saturated carbocycles. The fourth-order valence-electron chi connectivity index (χ4n) is 2.82. The van der Waals surface area contributed by atoms with Crippen LogP contribution in [0.3, 0.4) is 0 Å². The molecule has 0 saturated heterocycles.